The van der Waals surface area contributed by atoms with Gasteiger partial charge in [-0.3, -0.25) is 4.79 Å². The van der Waals surface area contributed by atoms with Crippen LogP contribution < -0.4 is 5.73 Å². The Kier molecular flexibility index (Phi) is 3.22. The van der Waals surface area contributed by atoms with Crippen molar-refractivity contribution in [3.8, 4) is 0 Å². The number of anilines is 1. The largest absolute Gasteiger partial charge is 0.399 e. The van der Waals surface area contributed by atoms with Gasteiger partial charge in [0.05, 0.1) is 9.90 Å². The molecule has 4 heteroatoms. The monoisotopic (exact) mass is 265 g/mol. The zero-order chi connectivity index (χ0) is 12.6. The van der Waals surface area contributed by atoms with E-state index in [0.29, 0.717) is 21.2 Å². The van der Waals surface area contributed by atoms with Gasteiger partial charge < -0.3 is 5.73 Å². The molecule has 0 unspecified atom stereocenters. The van der Waals surface area contributed by atoms with Crippen LogP contribution in [0.3, 0.4) is 0 Å². The lowest BCUT2D eigenvalue weighted by molar-refractivity contribution is 0.104. The van der Waals surface area contributed by atoms with E-state index in [4.69, 9.17) is 17.3 Å². The van der Waals surface area contributed by atoms with E-state index >= 15 is 0 Å². The lowest BCUT2D eigenvalue weighted by atomic mass is 10.1. The molecule has 2 nitrogen and oxygen atoms in total. The fourth-order valence-corrected chi connectivity index (χ4v) is 2.80. The van der Waals surface area contributed by atoms with E-state index in [9.17, 15) is 4.79 Å². The summed E-state index contributed by atoms with van der Waals surface area (Å²) in [5.41, 5.74) is 7.79. The lowest BCUT2D eigenvalue weighted by Crippen LogP contribution is -2.00. The highest BCUT2D eigenvalue weighted by Gasteiger charge is 2.15. The molecule has 0 spiro atoms. The first-order valence-corrected chi connectivity index (χ1v) is 6.35. The maximum absolute atomic E-state index is 12.2. The molecule has 0 saturated carbocycles. The van der Waals surface area contributed by atoms with Crippen LogP contribution in [0.1, 0.15) is 25.7 Å². The van der Waals surface area contributed by atoms with Crippen molar-refractivity contribution in [3.05, 3.63) is 50.2 Å². The molecule has 0 atom stereocenters. The Morgan fingerprint density at radius 1 is 1.29 bits per heavy atom. The van der Waals surface area contributed by atoms with Crippen LogP contribution in [0.5, 0.6) is 0 Å². The Morgan fingerprint density at radius 3 is 2.53 bits per heavy atom. The molecule has 88 valence electrons. The second kappa shape index (κ2) is 4.51. The zero-order valence-corrected chi connectivity index (χ0v) is 11.2. The number of halogens is 1. The zero-order valence-electron chi connectivity index (χ0n) is 9.58. The smallest absolute Gasteiger partial charge is 0.204 e. The summed E-state index contributed by atoms with van der Waals surface area (Å²) in [5.74, 6) is -0.0452. The first-order chi connectivity index (χ1) is 7.99. The summed E-state index contributed by atoms with van der Waals surface area (Å²) >= 11 is 7.52. The standard InChI is InChI=1S/C13H12ClNOS/c1-7-5-12(17-8(7)2)13(16)10-4-3-9(15)6-11(10)14/h3-6H,15H2,1-2H3. The molecule has 17 heavy (non-hydrogen) atoms. The number of rotatable bonds is 2. The second-order valence-electron chi connectivity index (χ2n) is 3.92. The first-order valence-electron chi connectivity index (χ1n) is 5.16. The third-order valence-corrected chi connectivity index (χ3v) is 4.09. The number of carbonyl (C=O) groups excluding carboxylic acids is 1. The van der Waals surface area contributed by atoms with Crippen molar-refractivity contribution in [2.24, 2.45) is 0 Å². The van der Waals surface area contributed by atoms with Crippen LogP contribution in [0.25, 0.3) is 0 Å². The van der Waals surface area contributed by atoms with E-state index in [1.807, 2.05) is 19.9 Å². The molecule has 1 heterocycles. The summed E-state index contributed by atoms with van der Waals surface area (Å²) in [4.78, 5) is 14.1. The van der Waals surface area contributed by atoms with Crippen LogP contribution in [0.15, 0.2) is 24.3 Å². The minimum atomic E-state index is -0.0452. The van der Waals surface area contributed by atoms with Gasteiger partial charge in [0.2, 0.25) is 5.78 Å². The van der Waals surface area contributed by atoms with E-state index < -0.39 is 0 Å². The van der Waals surface area contributed by atoms with Crippen LogP contribution in [-0.4, -0.2) is 5.78 Å². The summed E-state index contributed by atoms with van der Waals surface area (Å²) in [7, 11) is 0. The fourth-order valence-electron chi connectivity index (χ4n) is 1.53. The number of hydrogen-bond donors (Lipinski definition) is 1. The van der Waals surface area contributed by atoms with Crippen molar-refractivity contribution in [3.63, 3.8) is 0 Å². The number of aryl methyl sites for hydroxylation is 2. The summed E-state index contributed by atoms with van der Waals surface area (Å²) in [6, 6.07) is 6.86. The normalized spacial score (nSPS) is 10.5. The third-order valence-electron chi connectivity index (χ3n) is 2.63. The number of nitrogen functional groups attached to an aromatic ring is 1. The molecule has 0 aliphatic heterocycles. The van der Waals surface area contributed by atoms with Gasteiger partial charge in [-0.05, 0) is 43.7 Å². The van der Waals surface area contributed by atoms with Crippen molar-refractivity contribution < 1.29 is 4.79 Å². The van der Waals surface area contributed by atoms with Gasteiger partial charge in [0.15, 0.2) is 0 Å². The van der Waals surface area contributed by atoms with E-state index in [0.717, 1.165) is 10.4 Å². The molecule has 0 amide bonds. The van der Waals surface area contributed by atoms with Gasteiger partial charge >= 0.3 is 0 Å². The number of ketones is 1. The van der Waals surface area contributed by atoms with Gasteiger partial charge in [-0.15, -0.1) is 11.3 Å². The average Bonchev–Trinajstić information content (AvgIpc) is 2.58. The maximum atomic E-state index is 12.2. The molecule has 0 aliphatic carbocycles. The number of nitrogens with two attached hydrogens (primary N) is 1. The molecule has 0 radical (unpaired) electrons. The Bertz CT molecular complexity index is 570. The first kappa shape index (κ1) is 12.1. The van der Waals surface area contributed by atoms with Crippen LogP contribution >= 0.6 is 22.9 Å². The highest BCUT2D eigenvalue weighted by atomic mass is 35.5. The van der Waals surface area contributed by atoms with E-state index in [-0.39, 0.29) is 5.78 Å². The van der Waals surface area contributed by atoms with Gasteiger partial charge in [-0.25, -0.2) is 0 Å². The Morgan fingerprint density at radius 2 is 2.00 bits per heavy atom. The molecular weight excluding hydrogens is 254 g/mol. The molecule has 0 fully saturated rings. The van der Waals surface area contributed by atoms with E-state index in [1.54, 1.807) is 18.2 Å². The van der Waals surface area contributed by atoms with E-state index in [1.165, 1.54) is 11.3 Å². The fraction of sp³-hybridized carbons (Fsp3) is 0.154. The summed E-state index contributed by atoms with van der Waals surface area (Å²) in [5, 5.41) is 0.402. The summed E-state index contributed by atoms with van der Waals surface area (Å²) in [6.07, 6.45) is 0. The minimum absolute atomic E-state index is 0.0452. The van der Waals surface area contributed by atoms with Crippen molar-refractivity contribution >= 4 is 34.4 Å². The lowest BCUT2D eigenvalue weighted by Gasteiger charge is -2.02. The maximum Gasteiger partial charge on any atom is 0.204 e. The highest BCUT2D eigenvalue weighted by Crippen LogP contribution is 2.27. The molecule has 0 bridgehead atoms. The average molecular weight is 266 g/mol. The SMILES string of the molecule is Cc1cc(C(=O)c2ccc(N)cc2Cl)sc1C. The Hall–Kier alpha value is -1.32. The quantitative estimate of drug-likeness (QED) is 0.662. The van der Waals surface area contributed by atoms with Crippen molar-refractivity contribution in [1.29, 1.82) is 0 Å². The highest BCUT2D eigenvalue weighted by molar-refractivity contribution is 7.14. The third kappa shape index (κ3) is 2.35. The van der Waals surface area contributed by atoms with Crippen LogP contribution in [-0.2, 0) is 0 Å². The van der Waals surface area contributed by atoms with Crippen LogP contribution in [0, 0.1) is 13.8 Å². The number of carbonyl (C=O) groups is 1. The van der Waals surface area contributed by atoms with Gasteiger partial charge in [0.25, 0.3) is 0 Å². The van der Waals surface area contributed by atoms with Crippen LogP contribution in [0.2, 0.25) is 5.02 Å². The van der Waals surface area contributed by atoms with E-state index in [2.05, 4.69) is 0 Å². The van der Waals surface area contributed by atoms with Crippen molar-refractivity contribution in [2.75, 3.05) is 5.73 Å². The Labute approximate surface area is 109 Å². The van der Waals surface area contributed by atoms with Crippen molar-refractivity contribution in [2.45, 2.75) is 13.8 Å². The predicted molar refractivity (Wildman–Crippen MR) is 73.1 cm³/mol. The molecule has 2 aromatic rings. The number of benzene rings is 1. The molecule has 0 saturated heterocycles. The predicted octanol–water partition coefficient (Wildman–Crippen LogP) is 3.83. The van der Waals surface area contributed by atoms with Gasteiger partial charge in [-0.2, -0.15) is 0 Å². The molecule has 0 aliphatic rings. The molecular formula is C13H12ClNOS. The molecule has 1 aromatic carbocycles. The summed E-state index contributed by atoms with van der Waals surface area (Å²) in [6.45, 7) is 3.99. The van der Waals surface area contributed by atoms with Gasteiger partial charge in [0, 0.05) is 16.1 Å². The van der Waals surface area contributed by atoms with Crippen LogP contribution in [0.4, 0.5) is 5.69 Å². The second-order valence-corrected chi connectivity index (χ2v) is 5.58. The minimum Gasteiger partial charge on any atom is -0.399 e. The molecule has 2 rings (SSSR count). The number of hydrogen-bond acceptors (Lipinski definition) is 3. The number of thiophene rings is 1. The van der Waals surface area contributed by atoms with Gasteiger partial charge in [-0.1, -0.05) is 11.6 Å². The summed E-state index contributed by atoms with van der Waals surface area (Å²) < 4.78 is 0. The molecule has 1 aromatic heterocycles. The molecule has 2 N–H and O–H groups in total. The Balaban J connectivity index is 2.43. The topological polar surface area (TPSA) is 43.1 Å². The van der Waals surface area contributed by atoms with Gasteiger partial charge in [0.1, 0.15) is 0 Å². The van der Waals surface area contributed by atoms with Crippen molar-refractivity contribution in [1.82, 2.24) is 0 Å².